The molecule has 2 atom stereocenters. The van der Waals surface area contributed by atoms with Crippen molar-refractivity contribution >= 4 is 18.4 Å². The number of hydrogen-bond donors (Lipinski definition) is 1. The SMILES string of the molecule is CCC12N=CN=C[N+]1(c1c(C(C)C)cccc1C(C)C)N2.[Ni]. The van der Waals surface area contributed by atoms with Gasteiger partial charge < -0.3 is 0 Å². The quantitative estimate of drug-likeness (QED) is 0.503. The second kappa shape index (κ2) is 5.88. The first-order valence-electron chi connectivity index (χ1n) is 7.87. The van der Waals surface area contributed by atoms with Crippen LogP contribution in [0.25, 0.3) is 0 Å². The van der Waals surface area contributed by atoms with Crippen LogP contribution in [0.1, 0.15) is 64.0 Å². The van der Waals surface area contributed by atoms with Gasteiger partial charge in [0, 0.05) is 34.0 Å². The molecule has 1 fully saturated rings. The van der Waals surface area contributed by atoms with E-state index in [1.54, 1.807) is 6.34 Å². The Morgan fingerprint density at radius 1 is 1.14 bits per heavy atom. The molecule has 4 nitrogen and oxygen atoms in total. The smallest absolute Gasteiger partial charge is 0.191 e. The predicted octanol–water partition coefficient (Wildman–Crippen LogP) is 3.89. The fourth-order valence-electron chi connectivity index (χ4n) is 3.40. The number of nitrogens with zero attached hydrogens (tertiary/aromatic N) is 3. The molecule has 1 aromatic rings. The summed E-state index contributed by atoms with van der Waals surface area (Å²) < 4.78 is 0.571. The Hall–Kier alpha value is -1.03. The third-order valence-electron chi connectivity index (χ3n) is 4.65. The number of aliphatic imine (C=N–C) groups is 2. The van der Waals surface area contributed by atoms with Crippen molar-refractivity contribution in [2.75, 3.05) is 0 Å². The molecular weight excluding hydrogens is 319 g/mol. The number of quaternary nitrogens is 1. The van der Waals surface area contributed by atoms with E-state index in [1.807, 2.05) is 6.34 Å². The number of para-hydroxylation sites is 1. The van der Waals surface area contributed by atoms with Crippen molar-refractivity contribution in [3.05, 3.63) is 29.3 Å². The summed E-state index contributed by atoms with van der Waals surface area (Å²) in [6.07, 6.45) is 4.62. The molecule has 1 saturated heterocycles. The van der Waals surface area contributed by atoms with Crippen molar-refractivity contribution in [1.82, 2.24) is 10.0 Å². The molecule has 122 valence electrons. The number of hydrogen-bond acceptors (Lipinski definition) is 3. The Morgan fingerprint density at radius 2 is 1.73 bits per heavy atom. The molecule has 0 amide bonds. The van der Waals surface area contributed by atoms with Gasteiger partial charge in [-0.3, -0.25) is 0 Å². The van der Waals surface area contributed by atoms with E-state index in [-0.39, 0.29) is 22.3 Å². The normalized spacial score (nSPS) is 28.7. The van der Waals surface area contributed by atoms with Gasteiger partial charge in [-0.15, -0.1) is 4.59 Å². The zero-order valence-corrected chi connectivity index (χ0v) is 14.9. The van der Waals surface area contributed by atoms with Crippen LogP contribution in [-0.4, -0.2) is 18.5 Å². The second-order valence-electron chi connectivity index (χ2n) is 6.61. The fraction of sp³-hybridized carbons (Fsp3) is 0.529. The molecule has 1 aromatic carbocycles. The van der Waals surface area contributed by atoms with Crippen LogP contribution in [0.3, 0.4) is 0 Å². The molecular formula is C17H25N4Ni+. The molecule has 2 aliphatic rings. The van der Waals surface area contributed by atoms with Crippen molar-refractivity contribution in [2.24, 2.45) is 9.98 Å². The Labute approximate surface area is 143 Å². The van der Waals surface area contributed by atoms with Crippen LogP contribution in [-0.2, 0) is 16.5 Å². The number of rotatable bonds is 4. The third-order valence-corrected chi connectivity index (χ3v) is 4.65. The van der Waals surface area contributed by atoms with Crippen molar-refractivity contribution in [2.45, 2.75) is 58.7 Å². The topological polar surface area (TPSA) is 46.7 Å². The molecule has 0 radical (unpaired) electrons. The van der Waals surface area contributed by atoms with Crippen molar-refractivity contribution in [3.8, 4) is 0 Å². The Bertz CT molecular complexity index is 597. The zero-order chi connectivity index (χ0) is 15.3. The van der Waals surface area contributed by atoms with Crippen LogP contribution in [0.4, 0.5) is 5.69 Å². The van der Waals surface area contributed by atoms with E-state index in [9.17, 15) is 0 Å². The Kier molecular flexibility index (Phi) is 4.63. The van der Waals surface area contributed by atoms with Gasteiger partial charge in [0.1, 0.15) is 6.34 Å². The van der Waals surface area contributed by atoms with Crippen molar-refractivity contribution < 1.29 is 16.5 Å². The minimum atomic E-state index is -0.254. The zero-order valence-electron chi connectivity index (χ0n) is 13.9. The van der Waals surface area contributed by atoms with E-state index >= 15 is 0 Å². The Morgan fingerprint density at radius 3 is 2.23 bits per heavy atom. The van der Waals surface area contributed by atoms with Gasteiger partial charge >= 0.3 is 5.79 Å². The molecule has 3 rings (SSSR count). The largest absolute Gasteiger partial charge is 0.322 e. The molecule has 2 unspecified atom stereocenters. The van der Waals surface area contributed by atoms with Crippen LogP contribution in [0.2, 0.25) is 0 Å². The summed E-state index contributed by atoms with van der Waals surface area (Å²) in [6.45, 7) is 11.2. The minimum Gasteiger partial charge on any atom is -0.191 e. The van der Waals surface area contributed by atoms with Gasteiger partial charge in [0.2, 0.25) is 6.34 Å². The van der Waals surface area contributed by atoms with Crippen LogP contribution in [0, 0.1) is 0 Å². The predicted molar refractivity (Wildman–Crippen MR) is 89.6 cm³/mol. The van der Waals surface area contributed by atoms with Crippen LogP contribution >= 0.6 is 0 Å². The molecule has 1 N–H and O–H groups in total. The minimum absolute atomic E-state index is 0. The summed E-state index contributed by atoms with van der Waals surface area (Å²) in [4.78, 5) is 8.98. The second-order valence-corrected chi connectivity index (χ2v) is 6.61. The summed E-state index contributed by atoms with van der Waals surface area (Å²) in [6, 6.07) is 6.66. The summed E-state index contributed by atoms with van der Waals surface area (Å²) >= 11 is 0. The number of nitrogens with one attached hydrogen (secondary N) is 1. The van der Waals surface area contributed by atoms with Gasteiger partial charge in [-0.1, -0.05) is 58.2 Å². The molecule has 22 heavy (non-hydrogen) atoms. The van der Waals surface area contributed by atoms with E-state index in [4.69, 9.17) is 0 Å². The van der Waals surface area contributed by atoms with E-state index < -0.39 is 0 Å². The molecule has 0 aliphatic carbocycles. The van der Waals surface area contributed by atoms with E-state index in [0.717, 1.165) is 6.42 Å². The summed E-state index contributed by atoms with van der Waals surface area (Å²) in [5, 5.41) is 0. The van der Waals surface area contributed by atoms with E-state index in [1.165, 1.54) is 16.8 Å². The third kappa shape index (κ3) is 2.27. The van der Waals surface area contributed by atoms with Crippen LogP contribution in [0.5, 0.6) is 0 Å². The molecule has 0 spiro atoms. The van der Waals surface area contributed by atoms with E-state index in [0.29, 0.717) is 16.4 Å². The maximum atomic E-state index is 4.64. The first kappa shape index (κ1) is 17.3. The van der Waals surface area contributed by atoms with Gasteiger partial charge in [0.15, 0.2) is 5.69 Å². The van der Waals surface area contributed by atoms with E-state index in [2.05, 4.69) is 68.2 Å². The van der Waals surface area contributed by atoms with Gasteiger partial charge in [-0.2, -0.15) is 9.98 Å². The fourth-order valence-corrected chi connectivity index (χ4v) is 3.40. The van der Waals surface area contributed by atoms with Crippen molar-refractivity contribution in [3.63, 3.8) is 0 Å². The number of fused-ring (bicyclic) bond motifs is 1. The maximum Gasteiger partial charge on any atom is 0.322 e. The summed E-state index contributed by atoms with van der Waals surface area (Å²) in [7, 11) is 0. The molecule has 2 heterocycles. The first-order chi connectivity index (χ1) is 9.97. The number of benzene rings is 1. The van der Waals surface area contributed by atoms with Crippen molar-refractivity contribution in [1.29, 1.82) is 0 Å². The summed E-state index contributed by atoms with van der Waals surface area (Å²) in [5.41, 5.74) is 7.71. The summed E-state index contributed by atoms with van der Waals surface area (Å²) in [5.74, 6) is 0.695. The standard InChI is InChI=1S/C17H25N4.Ni/c1-6-17-19-10-18-11-21(17,20-17)16-14(12(2)3)8-7-9-15(16)13(4)5;/h7-13,20H,6H2,1-5H3;/q+1;. The average Bonchev–Trinajstić information content (AvgIpc) is 3.17. The monoisotopic (exact) mass is 343 g/mol. The van der Waals surface area contributed by atoms with Gasteiger partial charge in [0.25, 0.3) is 0 Å². The van der Waals surface area contributed by atoms with Crippen LogP contribution < -0.4 is 10.0 Å². The average molecular weight is 344 g/mol. The molecule has 5 heteroatoms. The van der Waals surface area contributed by atoms with Crippen LogP contribution in [0.15, 0.2) is 28.2 Å². The molecule has 0 saturated carbocycles. The molecule has 0 aromatic heterocycles. The molecule has 2 aliphatic heterocycles. The molecule has 0 bridgehead atoms. The van der Waals surface area contributed by atoms with Gasteiger partial charge in [-0.25, -0.2) is 0 Å². The Balaban J connectivity index is 0.00000176. The van der Waals surface area contributed by atoms with Gasteiger partial charge in [-0.05, 0) is 11.8 Å². The van der Waals surface area contributed by atoms with Gasteiger partial charge in [0.05, 0.1) is 0 Å². The maximum absolute atomic E-state index is 4.64. The first-order valence-corrected chi connectivity index (χ1v) is 7.87.